The number of anilines is 1. The van der Waals surface area contributed by atoms with Crippen LogP contribution in [0, 0.1) is 5.92 Å². The van der Waals surface area contributed by atoms with Crippen molar-refractivity contribution in [1.29, 1.82) is 0 Å². The van der Waals surface area contributed by atoms with Gasteiger partial charge in [0, 0.05) is 11.2 Å². The van der Waals surface area contributed by atoms with E-state index in [-0.39, 0.29) is 11.4 Å². The van der Waals surface area contributed by atoms with Gasteiger partial charge in [-0.3, -0.25) is 4.79 Å². The number of nitrogens with two attached hydrogens (primary N) is 1. The van der Waals surface area contributed by atoms with E-state index in [9.17, 15) is 4.79 Å². The summed E-state index contributed by atoms with van der Waals surface area (Å²) < 4.78 is 5.51. The molecule has 104 valence electrons. The monoisotopic (exact) mass is 262 g/mol. The Balaban J connectivity index is 1.70. The van der Waals surface area contributed by atoms with Gasteiger partial charge in [-0.15, -0.1) is 0 Å². The fraction of sp³-hybridized carbons (Fsp3) is 0.533. The Bertz CT molecular complexity index is 436. The minimum Gasteiger partial charge on any atom is -0.493 e. The molecular weight excluding hydrogens is 240 g/mol. The number of ether oxygens (including phenoxy) is 1. The standard InChI is InChI=1S/C15H22N2O2/c1-15(2,11-3-4-11)17-14(18)9-10-19-13-7-5-12(16)6-8-13/h5-8,11H,3-4,9-10,16H2,1-2H3,(H,17,18). The summed E-state index contributed by atoms with van der Waals surface area (Å²) in [5.74, 6) is 1.42. The van der Waals surface area contributed by atoms with E-state index in [1.165, 1.54) is 12.8 Å². The molecule has 4 nitrogen and oxygen atoms in total. The molecule has 0 unspecified atom stereocenters. The van der Waals surface area contributed by atoms with Crippen molar-refractivity contribution in [2.24, 2.45) is 5.92 Å². The van der Waals surface area contributed by atoms with E-state index in [1.54, 1.807) is 24.3 Å². The van der Waals surface area contributed by atoms with E-state index in [4.69, 9.17) is 10.5 Å². The fourth-order valence-corrected chi connectivity index (χ4v) is 2.15. The van der Waals surface area contributed by atoms with Gasteiger partial charge in [-0.25, -0.2) is 0 Å². The minimum atomic E-state index is -0.0850. The number of hydrogen-bond acceptors (Lipinski definition) is 3. The summed E-state index contributed by atoms with van der Waals surface area (Å²) in [7, 11) is 0. The first kappa shape index (κ1) is 13.7. The summed E-state index contributed by atoms with van der Waals surface area (Å²) in [6.07, 6.45) is 2.81. The molecule has 0 saturated heterocycles. The SMILES string of the molecule is CC(C)(NC(=O)CCOc1ccc(N)cc1)C1CC1. The molecule has 1 aliphatic carbocycles. The Morgan fingerprint density at radius 1 is 1.37 bits per heavy atom. The van der Waals surface area contributed by atoms with Crippen LogP contribution in [-0.4, -0.2) is 18.1 Å². The van der Waals surface area contributed by atoms with Crippen molar-refractivity contribution in [2.75, 3.05) is 12.3 Å². The molecule has 3 N–H and O–H groups in total. The molecule has 4 heteroatoms. The van der Waals surface area contributed by atoms with Crippen molar-refractivity contribution in [3.05, 3.63) is 24.3 Å². The smallest absolute Gasteiger partial charge is 0.223 e. The molecule has 0 spiro atoms. The highest BCUT2D eigenvalue weighted by Crippen LogP contribution is 2.39. The maximum atomic E-state index is 11.8. The van der Waals surface area contributed by atoms with E-state index in [0.717, 1.165) is 5.75 Å². The summed E-state index contributed by atoms with van der Waals surface area (Å²) in [6.45, 7) is 4.56. The van der Waals surface area contributed by atoms with Gasteiger partial charge in [0.1, 0.15) is 5.75 Å². The highest BCUT2D eigenvalue weighted by atomic mass is 16.5. The molecule has 1 aliphatic rings. The molecule has 19 heavy (non-hydrogen) atoms. The summed E-state index contributed by atoms with van der Waals surface area (Å²) in [5.41, 5.74) is 6.21. The van der Waals surface area contributed by atoms with Crippen LogP contribution in [0.25, 0.3) is 0 Å². The van der Waals surface area contributed by atoms with Gasteiger partial charge in [0.25, 0.3) is 0 Å². The largest absolute Gasteiger partial charge is 0.493 e. The van der Waals surface area contributed by atoms with Gasteiger partial charge in [-0.2, -0.15) is 0 Å². The third kappa shape index (κ3) is 4.16. The van der Waals surface area contributed by atoms with Crippen LogP contribution < -0.4 is 15.8 Å². The van der Waals surface area contributed by atoms with Crippen LogP contribution in [-0.2, 0) is 4.79 Å². The molecule has 2 rings (SSSR count). The number of nitrogen functional groups attached to an aromatic ring is 1. The van der Waals surface area contributed by atoms with Gasteiger partial charge in [0.05, 0.1) is 13.0 Å². The number of nitrogens with one attached hydrogen (secondary N) is 1. The molecule has 1 aromatic rings. The molecule has 0 heterocycles. The summed E-state index contributed by atoms with van der Waals surface area (Å²) >= 11 is 0. The summed E-state index contributed by atoms with van der Waals surface area (Å²) in [5, 5.41) is 3.07. The normalized spacial score (nSPS) is 15.1. The van der Waals surface area contributed by atoms with Gasteiger partial charge in [-0.05, 0) is 56.9 Å². The number of hydrogen-bond donors (Lipinski definition) is 2. The number of benzene rings is 1. The lowest BCUT2D eigenvalue weighted by molar-refractivity contribution is -0.123. The van der Waals surface area contributed by atoms with Crippen molar-refractivity contribution in [3.8, 4) is 5.75 Å². The van der Waals surface area contributed by atoms with Crippen LogP contribution in [0.15, 0.2) is 24.3 Å². The predicted molar refractivity (Wildman–Crippen MR) is 75.9 cm³/mol. The Morgan fingerprint density at radius 3 is 2.58 bits per heavy atom. The van der Waals surface area contributed by atoms with Crippen molar-refractivity contribution < 1.29 is 9.53 Å². The maximum absolute atomic E-state index is 11.8. The second-order valence-corrected chi connectivity index (χ2v) is 5.71. The molecule has 0 radical (unpaired) electrons. The Morgan fingerprint density at radius 2 is 2.00 bits per heavy atom. The number of amides is 1. The van der Waals surface area contributed by atoms with Crippen molar-refractivity contribution >= 4 is 11.6 Å². The maximum Gasteiger partial charge on any atom is 0.223 e. The van der Waals surface area contributed by atoms with Crippen LogP contribution in [0.4, 0.5) is 5.69 Å². The Hall–Kier alpha value is -1.71. The van der Waals surface area contributed by atoms with Crippen LogP contribution in [0.5, 0.6) is 5.75 Å². The molecule has 1 aromatic carbocycles. The zero-order chi connectivity index (χ0) is 13.9. The zero-order valence-electron chi connectivity index (χ0n) is 11.6. The predicted octanol–water partition coefficient (Wildman–Crippen LogP) is 2.34. The van der Waals surface area contributed by atoms with Gasteiger partial charge in [0.15, 0.2) is 0 Å². The van der Waals surface area contributed by atoms with Crippen LogP contribution in [0.2, 0.25) is 0 Å². The Kier molecular flexibility index (Phi) is 3.98. The van der Waals surface area contributed by atoms with Crippen molar-refractivity contribution in [3.63, 3.8) is 0 Å². The molecular formula is C15H22N2O2. The third-order valence-electron chi connectivity index (χ3n) is 3.54. The van der Waals surface area contributed by atoms with Crippen molar-refractivity contribution in [2.45, 2.75) is 38.6 Å². The van der Waals surface area contributed by atoms with Crippen LogP contribution in [0.3, 0.4) is 0 Å². The average molecular weight is 262 g/mol. The second kappa shape index (κ2) is 5.51. The second-order valence-electron chi connectivity index (χ2n) is 5.71. The van der Waals surface area contributed by atoms with E-state index in [1.807, 2.05) is 0 Å². The van der Waals surface area contributed by atoms with E-state index < -0.39 is 0 Å². The topological polar surface area (TPSA) is 64.3 Å². The zero-order valence-corrected chi connectivity index (χ0v) is 11.6. The summed E-state index contributed by atoms with van der Waals surface area (Å²) in [6, 6.07) is 7.18. The van der Waals surface area contributed by atoms with Crippen LogP contribution in [0.1, 0.15) is 33.1 Å². The van der Waals surface area contributed by atoms with E-state index >= 15 is 0 Å². The highest BCUT2D eigenvalue weighted by Gasteiger charge is 2.38. The molecule has 1 saturated carbocycles. The quantitative estimate of drug-likeness (QED) is 0.773. The molecule has 0 bridgehead atoms. The number of carbonyl (C=O) groups is 1. The van der Waals surface area contributed by atoms with E-state index in [0.29, 0.717) is 24.6 Å². The highest BCUT2D eigenvalue weighted by molar-refractivity contribution is 5.76. The molecule has 0 aliphatic heterocycles. The first-order valence-corrected chi connectivity index (χ1v) is 6.77. The first-order valence-electron chi connectivity index (χ1n) is 6.77. The van der Waals surface area contributed by atoms with Gasteiger partial charge in [-0.1, -0.05) is 0 Å². The molecule has 1 fully saturated rings. The summed E-state index contributed by atoms with van der Waals surface area (Å²) in [4.78, 5) is 11.8. The van der Waals surface area contributed by atoms with Gasteiger partial charge < -0.3 is 15.8 Å². The molecule has 1 amide bonds. The van der Waals surface area contributed by atoms with Gasteiger partial charge in [0.2, 0.25) is 5.91 Å². The lowest BCUT2D eigenvalue weighted by Crippen LogP contribution is -2.45. The minimum absolute atomic E-state index is 0.0485. The van der Waals surface area contributed by atoms with Crippen molar-refractivity contribution in [1.82, 2.24) is 5.32 Å². The molecule has 0 atom stereocenters. The molecule has 0 aromatic heterocycles. The number of carbonyl (C=O) groups excluding carboxylic acids is 1. The lowest BCUT2D eigenvalue weighted by atomic mass is 9.98. The van der Waals surface area contributed by atoms with Gasteiger partial charge >= 0.3 is 0 Å². The number of rotatable bonds is 6. The third-order valence-corrected chi connectivity index (χ3v) is 3.54. The Labute approximate surface area is 114 Å². The first-order chi connectivity index (χ1) is 8.97. The fourth-order valence-electron chi connectivity index (χ4n) is 2.15. The average Bonchev–Trinajstić information content (AvgIpc) is 3.15. The lowest BCUT2D eigenvalue weighted by Gasteiger charge is -2.26. The van der Waals surface area contributed by atoms with E-state index in [2.05, 4.69) is 19.2 Å². The van der Waals surface area contributed by atoms with Crippen LogP contribution >= 0.6 is 0 Å².